The third-order valence-corrected chi connectivity index (χ3v) is 2.62. The van der Waals surface area contributed by atoms with Crippen LogP contribution in [0.3, 0.4) is 0 Å². The monoisotopic (exact) mass is 250 g/mol. The van der Waals surface area contributed by atoms with Gasteiger partial charge in [-0.3, -0.25) is 0 Å². The van der Waals surface area contributed by atoms with Crippen LogP contribution >= 0.6 is 0 Å². The number of hydrogen-bond donors (Lipinski definition) is 1. The Bertz CT molecular complexity index is 367. The summed E-state index contributed by atoms with van der Waals surface area (Å²) in [6.45, 7) is 2.64. The molecule has 0 saturated carbocycles. The highest BCUT2D eigenvalue weighted by Crippen LogP contribution is 2.37. The molecule has 1 nitrogen and oxygen atoms in total. The van der Waals surface area contributed by atoms with Crippen LogP contribution in [0.25, 0.3) is 0 Å². The maximum Gasteiger partial charge on any atom is 0.416 e. The van der Waals surface area contributed by atoms with Crippen molar-refractivity contribution in [2.75, 3.05) is 6.61 Å². The first-order valence-corrected chi connectivity index (χ1v) is 5.10. The van der Waals surface area contributed by atoms with E-state index >= 15 is 0 Å². The molecule has 0 heterocycles. The molecule has 0 amide bonds. The third-order valence-electron chi connectivity index (χ3n) is 2.62. The van der Waals surface area contributed by atoms with Gasteiger partial charge in [0.05, 0.1) is 12.2 Å². The Hall–Kier alpha value is -1.10. The molecular weight excluding hydrogens is 236 g/mol. The molecule has 0 bridgehead atoms. The van der Waals surface area contributed by atoms with Crippen LogP contribution in [0, 0.1) is 5.41 Å². The van der Waals surface area contributed by atoms with Gasteiger partial charge in [-0.05, 0) is 17.7 Å². The molecule has 0 aliphatic heterocycles. The fourth-order valence-electron chi connectivity index (χ4n) is 1.37. The average Bonchev–Trinajstić information content (AvgIpc) is 2.27. The predicted molar refractivity (Wildman–Crippen MR) is 56.2 cm³/mol. The molecule has 1 atom stereocenters. The van der Waals surface area contributed by atoms with Gasteiger partial charge >= 0.3 is 6.18 Å². The first kappa shape index (κ1) is 14.0. The lowest BCUT2D eigenvalue weighted by Gasteiger charge is -2.26. The molecule has 17 heavy (non-hydrogen) atoms. The van der Waals surface area contributed by atoms with Crippen molar-refractivity contribution in [3.63, 3.8) is 0 Å². The zero-order chi connectivity index (χ0) is 13.3. The van der Waals surface area contributed by atoms with Crippen LogP contribution in [0.1, 0.15) is 31.1 Å². The average molecular weight is 250 g/mol. The van der Waals surface area contributed by atoms with Crippen LogP contribution in [0.4, 0.5) is 17.6 Å². The van der Waals surface area contributed by atoms with Crippen LogP contribution in [-0.4, -0.2) is 11.7 Å². The molecule has 0 fully saturated rings. The Morgan fingerprint density at radius 3 is 1.94 bits per heavy atom. The van der Waals surface area contributed by atoms with Crippen molar-refractivity contribution in [1.82, 2.24) is 0 Å². The molecule has 0 aliphatic rings. The number of hydrogen-bond acceptors (Lipinski definition) is 1. The molecule has 1 aromatic rings. The lowest BCUT2D eigenvalue weighted by atomic mass is 9.84. The van der Waals surface area contributed by atoms with Crippen LogP contribution in [0.15, 0.2) is 24.3 Å². The van der Waals surface area contributed by atoms with Crippen molar-refractivity contribution in [2.24, 2.45) is 5.41 Å². The summed E-state index contributed by atoms with van der Waals surface area (Å²) in [5.41, 5.74) is -1.69. The molecule has 1 aromatic carbocycles. The van der Waals surface area contributed by atoms with Crippen LogP contribution in [-0.2, 0) is 6.18 Å². The number of aliphatic hydroxyl groups excluding tert-OH is 1. The number of aliphatic hydroxyl groups is 1. The largest absolute Gasteiger partial charge is 0.416 e. The standard InChI is InChI=1S/C12H14F4O/c1-11(2,7-17)10(13)8-3-5-9(6-4-8)12(14,15)16/h3-6,10,17H,7H2,1-2H3. The topological polar surface area (TPSA) is 20.2 Å². The highest BCUT2D eigenvalue weighted by Gasteiger charge is 2.33. The van der Waals surface area contributed by atoms with Gasteiger partial charge < -0.3 is 5.11 Å². The molecule has 0 radical (unpaired) electrons. The van der Waals surface area contributed by atoms with Gasteiger partial charge in [0.15, 0.2) is 0 Å². The van der Waals surface area contributed by atoms with Crippen molar-refractivity contribution in [3.8, 4) is 0 Å². The molecule has 0 saturated heterocycles. The Kier molecular flexibility index (Phi) is 3.81. The first-order chi connectivity index (χ1) is 7.68. The second-order valence-electron chi connectivity index (χ2n) is 4.63. The van der Waals surface area contributed by atoms with E-state index in [9.17, 15) is 17.6 Å². The zero-order valence-corrected chi connectivity index (χ0v) is 9.55. The molecule has 1 unspecified atom stereocenters. The molecule has 1 N–H and O–H groups in total. The smallest absolute Gasteiger partial charge is 0.396 e. The highest BCUT2D eigenvalue weighted by atomic mass is 19.4. The molecular formula is C12H14F4O. The fourth-order valence-corrected chi connectivity index (χ4v) is 1.37. The van der Waals surface area contributed by atoms with Gasteiger partial charge in [-0.25, -0.2) is 4.39 Å². The molecule has 0 spiro atoms. The van der Waals surface area contributed by atoms with Crippen LogP contribution in [0.5, 0.6) is 0 Å². The molecule has 1 rings (SSSR count). The van der Waals surface area contributed by atoms with E-state index in [4.69, 9.17) is 5.11 Å². The van der Waals surface area contributed by atoms with Crippen molar-refractivity contribution in [2.45, 2.75) is 26.2 Å². The maximum atomic E-state index is 13.9. The second kappa shape index (κ2) is 4.64. The Labute approximate surface area is 97.1 Å². The highest BCUT2D eigenvalue weighted by molar-refractivity contribution is 5.27. The lowest BCUT2D eigenvalue weighted by Crippen LogP contribution is -2.23. The minimum Gasteiger partial charge on any atom is -0.396 e. The summed E-state index contributed by atoms with van der Waals surface area (Å²) in [5.74, 6) is 0. The van der Waals surface area contributed by atoms with Gasteiger partial charge in [-0.2, -0.15) is 13.2 Å². The second-order valence-corrected chi connectivity index (χ2v) is 4.63. The van der Waals surface area contributed by atoms with Crippen molar-refractivity contribution in [1.29, 1.82) is 0 Å². The first-order valence-electron chi connectivity index (χ1n) is 5.10. The van der Waals surface area contributed by atoms with Gasteiger partial charge in [-0.15, -0.1) is 0 Å². The van der Waals surface area contributed by atoms with Crippen LogP contribution in [0.2, 0.25) is 0 Å². The van der Waals surface area contributed by atoms with Gasteiger partial charge in [0.2, 0.25) is 0 Å². The predicted octanol–water partition coefficient (Wildman–Crippen LogP) is 3.73. The van der Waals surface area contributed by atoms with Crippen molar-refractivity contribution < 1.29 is 22.7 Å². The normalized spacial score (nSPS) is 14.8. The van der Waals surface area contributed by atoms with E-state index in [0.717, 1.165) is 24.3 Å². The molecule has 96 valence electrons. The summed E-state index contributed by atoms with van der Waals surface area (Å²) < 4.78 is 50.8. The molecule has 0 aliphatic carbocycles. The summed E-state index contributed by atoms with van der Waals surface area (Å²) in [6.07, 6.45) is -5.92. The van der Waals surface area contributed by atoms with E-state index in [-0.39, 0.29) is 12.2 Å². The SMILES string of the molecule is CC(C)(CO)C(F)c1ccc(C(F)(F)F)cc1. The Balaban J connectivity index is 2.96. The summed E-state index contributed by atoms with van der Waals surface area (Å²) in [4.78, 5) is 0. The quantitative estimate of drug-likeness (QED) is 0.810. The molecule has 0 aromatic heterocycles. The maximum absolute atomic E-state index is 13.9. The minimum atomic E-state index is -4.42. The fraction of sp³-hybridized carbons (Fsp3) is 0.500. The summed E-state index contributed by atoms with van der Waals surface area (Å²) >= 11 is 0. The van der Waals surface area contributed by atoms with Crippen molar-refractivity contribution in [3.05, 3.63) is 35.4 Å². The van der Waals surface area contributed by atoms with E-state index < -0.39 is 23.3 Å². The van der Waals surface area contributed by atoms with E-state index in [0.29, 0.717) is 0 Å². The van der Waals surface area contributed by atoms with Gasteiger partial charge in [0.1, 0.15) is 6.17 Å². The van der Waals surface area contributed by atoms with Gasteiger partial charge in [-0.1, -0.05) is 26.0 Å². The van der Waals surface area contributed by atoms with E-state index in [1.54, 1.807) is 0 Å². The van der Waals surface area contributed by atoms with Crippen molar-refractivity contribution >= 4 is 0 Å². The van der Waals surface area contributed by atoms with E-state index in [2.05, 4.69) is 0 Å². The van der Waals surface area contributed by atoms with E-state index in [1.165, 1.54) is 13.8 Å². The summed E-state index contributed by atoms with van der Waals surface area (Å²) in [7, 11) is 0. The summed E-state index contributed by atoms with van der Waals surface area (Å²) in [6, 6.07) is 3.89. The minimum absolute atomic E-state index is 0.136. The zero-order valence-electron chi connectivity index (χ0n) is 9.55. The third kappa shape index (κ3) is 3.19. The number of rotatable bonds is 3. The Morgan fingerprint density at radius 2 is 1.59 bits per heavy atom. The Morgan fingerprint density at radius 1 is 1.12 bits per heavy atom. The summed E-state index contributed by atoms with van der Waals surface area (Å²) in [5, 5.41) is 8.99. The number of alkyl halides is 4. The van der Waals surface area contributed by atoms with E-state index in [1.807, 2.05) is 0 Å². The lowest BCUT2D eigenvalue weighted by molar-refractivity contribution is -0.137. The van der Waals surface area contributed by atoms with Gasteiger partial charge in [0.25, 0.3) is 0 Å². The number of halogens is 4. The van der Waals surface area contributed by atoms with Gasteiger partial charge in [0, 0.05) is 5.41 Å². The molecule has 5 heteroatoms. The number of benzene rings is 1. The van der Waals surface area contributed by atoms with Crippen LogP contribution < -0.4 is 0 Å².